The molecule has 4 N–H and O–H groups in total. The SMILES string of the molecule is CCc1cc2c(=O)c(-c3nc(C)cs3)coc2cc1O[C@@H](C)C(=O)N[C@H](CC(C)C)C(=O)NCC(N)=O. The van der Waals surface area contributed by atoms with Crippen LogP contribution in [0.3, 0.4) is 0 Å². The number of aryl methyl sites for hydroxylation is 2. The molecule has 2 aromatic heterocycles. The Bertz CT molecular complexity index is 1360. The van der Waals surface area contributed by atoms with E-state index in [0.717, 1.165) is 11.3 Å². The summed E-state index contributed by atoms with van der Waals surface area (Å²) in [5, 5.41) is 7.98. The van der Waals surface area contributed by atoms with Gasteiger partial charge in [-0.05, 0) is 44.2 Å². The lowest BCUT2D eigenvalue weighted by molar-refractivity contribution is -0.133. The Morgan fingerprint density at radius 3 is 2.51 bits per heavy atom. The van der Waals surface area contributed by atoms with Crippen molar-refractivity contribution in [1.29, 1.82) is 0 Å². The Balaban J connectivity index is 1.82. The fourth-order valence-corrected chi connectivity index (χ4v) is 4.55. The van der Waals surface area contributed by atoms with Gasteiger partial charge >= 0.3 is 0 Å². The van der Waals surface area contributed by atoms with E-state index in [0.29, 0.717) is 40.1 Å². The number of primary amides is 1. The molecule has 0 spiro atoms. The van der Waals surface area contributed by atoms with Crippen LogP contribution < -0.4 is 26.5 Å². The van der Waals surface area contributed by atoms with Crippen molar-refractivity contribution in [3.8, 4) is 16.3 Å². The van der Waals surface area contributed by atoms with Gasteiger partial charge in [-0.25, -0.2) is 4.98 Å². The highest BCUT2D eigenvalue weighted by atomic mass is 32.1. The number of nitrogens with one attached hydrogen (secondary N) is 2. The summed E-state index contributed by atoms with van der Waals surface area (Å²) in [6.45, 7) is 8.85. The summed E-state index contributed by atoms with van der Waals surface area (Å²) in [6.07, 6.45) is 1.34. The summed E-state index contributed by atoms with van der Waals surface area (Å²) in [6, 6.07) is 2.46. The molecule has 1 aromatic carbocycles. The molecular weight excluding hydrogens is 496 g/mol. The maximum absolute atomic E-state index is 13.2. The van der Waals surface area contributed by atoms with Crippen molar-refractivity contribution in [2.75, 3.05) is 6.54 Å². The second-order valence-corrected chi connectivity index (χ2v) is 10.1. The highest BCUT2D eigenvalue weighted by molar-refractivity contribution is 7.13. The van der Waals surface area contributed by atoms with E-state index >= 15 is 0 Å². The van der Waals surface area contributed by atoms with E-state index in [1.807, 2.05) is 33.1 Å². The lowest BCUT2D eigenvalue weighted by Gasteiger charge is -2.23. The van der Waals surface area contributed by atoms with Crippen LogP contribution in [0, 0.1) is 12.8 Å². The Morgan fingerprint density at radius 1 is 1.19 bits per heavy atom. The van der Waals surface area contributed by atoms with Gasteiger partial charge in [0, 0.05) is 17.1 Å². The standard InChI is InChI=1S/C26H32N4O6S/c1-6-16-8-17-21(35-11-18(23(17)32)26-29-14(4)12-37-26)9-20(16)36-15(5)24(33)30-19(7-13(2)3)25(34)28-10-22(27)31/h8-9,11-13,15,19H,6-7,10H2,1-5H3,(H2,27,31)(H,28,34)(H,30,33)/t15-,19+/m0/s1. The molecule has 0 unspecified atom stereocenters. The minimum atomic E-state index is -0.953. The first kappa shape index (κ1) is 27.9. The third kappa shape index (κ3) is 6.94. The van der Waals surface area contributed by atoms with Gasteiger partial charge < -0.3 is 25.5 Å². The van der Waals surface area contributed by atoms with Crippen LogP contribution in [0.15, 0.2) is 33.0 Å². The van der Waals surface area contributed by atoms with Crippen LogP contribution in [0.5, 0.6) is 5.75 Å². The van der Waals surface area contributed by atoms with E-state index in [9.17, 15) is 19.2 Å². The number of carbonyl (C=O) groups excluding carboxylic acids is 3. The van der Waals surface area contributed by atoms with Gasteiger partial charge in [0.1, 0.15) is 28.6 Å². The molecule has 0 radical (unpaired) electrons. The molecule has 37 heavy (non-hydrogen) atoms. The van der Waals surface area contributed by atoms with Crippen molar-refractivity contribution in [2.45, 2.75) is 59.6 Å². The smallest absolute Gasteiger partial charge is 0.261 e. The zero-order valence-corrected chi connectivity index (χ0v) is 22.4. The first-order chi connectivity index (χ1) is 17.5. The van der Waals surface area contributed by atoms with Crippen molar-refractivity contribution in [2.24, 2.45) is 11.7 Å². The summed E-state index contributed by atoms with van der Waals surface area (Å²) < 4.78 is 11.7. The highest BCUT2D eigenvalue weighted by Gasteiger charge is 2.26. The topological polar surface area (TPSA) is 154 Å². The monoisotopic (exact) mass is 528 g/mol. The first-order valence-electron chi connectivity index (χ1n) is 12.0. The van der Waals surface area contributed by atoms with E-state index in [1.54, 1.807) is 19.1 Å². The van der Waals surface area contributed by atoms with E-state index in [4.69, 9.17) is 14.9 Å². The average Bonchev–Trinajstić information content (AvgIpc) is 3.27. The number of aromatic nitrogens is 1. The lowest BCUT2D eigenvalue weighted by atomic mass is 10.0. The van der Waals surface area contributed by atoms with E-state index < -0.39 is 29.9 Å². The maximum atomic E-state index is 13.2. The summed E-state index contributed by atoms with van der Waals surface area (Å²) in [4.78, 5) is 54.0. The lowest BCUT2D eigenvalue weighted by Crippen LogP contribution is -2.51. The molecular formula is C26H32N4O6S. The van der Waals surface area contributed by atoms with Gasteiger partial charge in [0.15, 0.2) is 6.10 Å². The molecule has 198 valence electrons. The molecule has 11 heteroatoms. The summed E-state index contributed by atoms with van der Waals surface area (Å²) in [5.41, 5.74) is 7.17. The first-order valence-corrected chi connectivity index (χ1v) is 12.9. The number of thiazole rings is 1. The number of fused-ring (bicyclic) bond motifs is 1. The number of benzene rings is 1. The van der Waals surface area contributed by atoms with Crippen LogP contribution in [0.25, 0.3) is 21.5 Å². The average molecular weight is 529 g/mol. The second-order valence-electron chi connectivity index (χ2n) is 9.22. The molecule has 0 aliphatic carbocycles. The minimum absolute atomic E-state index is 0.106. The van der Waals surface area contributed by atoms with Gasteiger partial charge in [-0.2, -0.15) is 0 Å². The molecule has 3 amide bonds. The van der Waals surface area contributed by atoms with Crippen LogP contribution in [0.4, 0.5) is 0 Å². The Labute approximate surface area is 218 Å². The van der Waals surface area contributed by atoms with Gasteiger partial charge in [-0.15, -0.1) is 11.3 Å². The number of nitrogens with two attached hydrogens (primary N) is 1. The molecule has 10 nitrogen and oxygen atoms in total. The van der Waals surface area contributed by atoms with Crippen molar-refractivity contribution in [3.63, 3.8) is 0 Å². The maximum Gasteiger partial charge on any atom is 0.261 e. The van der Waals surface area contributed by atoms with Gasteiger partial charge in [0.2, 0.25) is 17.2 Å². The van der Waals surface area contributed by atoms with Gasteiger partial charge in [0.25, 0.3) is 5.91 Å². The molecule has 0 aliphatic heterocycles. The van der Waals surface area contributed by atoms with E-state index in [2.05, 4.69) is 15.6 Å². The van der Waals surface area contributed by atoms with Crippen LogP contribution in [-0.4, -0.2) is 41.4 Å². The predicted molar refractivity (Wildman–Crippen MR) is 141 cm³/mol. The van der Waals surface area contributed by atoms with E-state index in [-0.39, 0.29) is 17.9 Å². The number of hydrogen-bond donors (Lipinski definition) is 3. The Hall–Kier alpha value is -3.73. The molecule has 0 aliphatic rings. The molecule has 0 saturated carbocycles. The number of ether oxygens (including phenoxy) is 1. The van der Waals surface area contributed by atoms with Gasteiger partial charge in [-0.1, -0.05) is 20.8 Å². The van der Waals surface area contributed by atoms with Crippen molar-refractivity contribution < 1.29 is 23.5 Å². The van der Waals surface area contributed by atoms with Crippen molar-refractivity contribution in [3.05, 3.63) is 45.3 Å². The van der Waals surface area contributed by atoms with Crippen LogP contribution in [0.2, 0.25) is 0 Å². The summed E-state index contributed by atoms with van der Waals surface area (Å²) in [5.74, 6) is -1.17. The third-order valence-electron chi connectivity index (χ3n) is 5.64. The number of nitrogens with zero attached hydrogens (tertiary/aromatic N) is 1. The number of carbonyl (C=O) groups is 3. The van der Waals surface area contributed by atoms with Gasteiger partial charge in [-0.3, -0.25) is 19.2 Å². The zero-order chi connectivity index (χ0) is 27.3. The van der Waals surface area contributed by atoms with Crippen LogP contribution in [0.1, 0.15) is 45.4 Å². The molecule has 2 heterocycles. The number of hydrogen-bond acceptors (Lipinski definition) is 8. The second kappa shape index (κ2) is 12.0. The molecule has 3 rings (SSSR count). The molecule has 0 bridgehead atoms. The number of rotatable bonds is 11. The normalized spacial score (nSPS) is 12.8. The van der Waals surface area contributed by atoms with Crippen LogP contribution >= 0.6 is 11.3 Å². The fraction of sp³-hybridized carbons (Fsp3) is 0.423. The summed E-state index contributed by atoms with van der Waals surface area (Å²) in [7, 11) is 0. The minimum Gasteiger partial charge on any atom is -0.480 e. The third-order valence-corrected chi connectivity index (χ3v) is 6.63. The molecule has 0 fully saturated rings. The molecule has 0 saturated heterocycles. The Kier molecular flexibility index (Phi) is 9.04. The molecule has 2 atom stereocenters. The largest absolute Gasteiger partial charge is 0.480 e. The predicted octanol–water partition coefficient (Wildman–Crippen LogP) is 2.69. The van der Waals surface area contributed by atoms with Crippen LogP contribution in [-0.2, 0) is 20.8 Å². The summed E-state index contributed by atoms with van der Waals surface area (Å²) >= 11 is 1.37. The van der Waals surface area contributed by atoms with E-state index in [1.165, 1.54) is 17.6 Å². The highest BCUT2D eigenvalue weighted by Crippen LogP contribution is 2.29. The Morgan fingerprint density at radius 2 is 1.92 bits per heavy atom. The quantitative estimate of drug-likeness (QED) is 0.346. The fourth-order valence-electron chi connectivity index (χ4n) is 3.75. The zero-order valence-electron chi connectivity index (χ0n) is 21.5. The van der Waals surface area contributed by atoms with Gasteiger partial charge in [0.05, 0.1) is 17.5 Å². The van der Waals surface area contributed by atoms with Crippen molar-refractivity contribution >= 4 is 40.0 Å². The molecule has 3 aromatic rings. The number of amides is 3. The van der Waals surface area contributed by atoms with Crippen molar-refractivity contribution in [1.82, 2.24) is 15.6 Å².